The van der Waals surface area contributed by atoms with Gasteiger partial charge in [0.25, 0.3) is 0 Å². The molecule has 18 heavy (non-hydrogen) atoms. The number of nitrogens with one attached hydrogen (secondary N) is 2. The van der Waals surface area contributed by atoms with Gasteiger partial charge in [0.1, 0.15) is 6.61 Å². The molecule has 1 aliphatic heterocycles. The molecule has 0 aromatic carbocycles. The second-order valence-corrected chi connectivity index (χ2v) is 6.70. The molecule has 2 N–H and O–H groups in total. The first kappa shape index (κ1) is 13.8. The molecule has 0 atom stereocenters. The summed E-state index contributed by atoms with van der Waals surface area (Å²) in [6, 6.07) is 0.272. The number of hydrogen-bond donors (Lipinski definition) is 2. The standard InChI is InChI=1S/C14H26N2O2/c1-13(2)12(14(13,3)4)16-11(17)9-18-10-5-7-15-8-6-10/h10,12,15H,5-9H2,1-4H3,(H,16,17). The van der Waals surface area contributed by atoms with Crippen LogP contribution in [0.1, 0.15) is 40.5 Å². The molecule has 4 heteroatoms. The lowest BCUT2D eigenvalue weighted by molar-refractivity contribution is -0.128. The topological polar surface area (TPSA) is 50.4 Å². The Hall–Kier alpha value is -0.610. The quantitative estimate of drug-likeness (QED) is 0.795. The lowest BCUT2D eigenvalue weighted by atomic mass is 10.0. The van der Waals surface area contributed by atoms with Crippen molar-refractivity contribution in [2.75, 3.05) is 19.7 Å². The molecular formula is C14H26N2O2. The van der Waals surface area contributed by atoms with Crippen molar-refractivity contribution in [3.05, 3.63) is 0 Å². The molecule has 1 aliphatic carbocycles. The fourth-order valence-corrected chi connectivity index (χ4v) is 2.92. The molecule has 1 heterocycles. The van der Waals surface area contributed by atoms with E-state index in [1.807, 2.05) is 0 Å². The Bertz CT molecular complexity index is 306. The van der Waals surface area contributed by atoms with Crippen molar-refractivity contribution >= 4 is 5.91 Å². The third-order valence-electron chi connectivity index (χ3n) is 5.06. The van der Waals surface area contributed by atoms with E-state index in [4.69, 9.17) is 4.74 Å². The number of ether oxygens (including phenoxy) is 1. The van der Waals surface area contributed by atoms with Gasteiger partial charge >= 0.3 is 0 Å². The molecule has 2 aliphatic rings. The van der Waals surface area contributed by atoms with E-state index in [-0.39, 0.29) is 35.5 Å². The van der Waals surface area contributed by atoms with Crippen molar-refractivity contribution in [1.82, 2.24) is 10.6 Å². The van der Waals surface area contributed by atoms with Crippen LogP contribution in [0, 0.1) is 10.8 Å². The van der Waals surface area contributed by atoms with E-state index in [2.05, 4.69) is 38.3 Å². The zero-order valence-electron chi connectivity index (χ0n) is 12.0. The van der Waals surface area contributed by atoms with Gasteiger partial charge in [-0.3, -0.25) is 4.79 Å². The summed E-state index contributed by atoms with van der Waals surface area (Å²) in [5.74, 6) is 0.0252. The van der Waals surface area contributed by atoms with E-state index < -0.39 is 0 Å². The van der Waals surface area contributed by atoms with E-state index in [9.17, 15) is 4.79 Å². The highest BCUT2D eigenvalue weighted by molar-refractivity contribution is 5.78. The van der Waals surface area contributed by atoms with E-state index in [1.165, 1.54) is 0 Å². The average Bonchev–Trinajstić information content (AvgIpc) is 2.70. The molecule has 0 bridgehead atoms. The van der Waals surface area contributed by atoms with Crippen LogP contribution in [0.2, 0.25) is 0 Å². The lowest BCUT2D eigenvalue weighted by Gasteiger charge is -2.22. The molecule has 1 saturated carbocycles. The van der Waals surface area contributed by atoms with Crippen LogP contribution in [0.15, 0.2) is 0 Å². The fourth-order valence-electron chi connectivity index (χ4n) is 2.92. The van der Waals surface area contributed by atoms with Crippen LogP contribution < -0.4 is 10.6 Å². The molecule has 2 fully saturated rings. The Morgan fingerprint density at radius 1 is 1.22 bits per heavy atom. The zero-order chi connectivity index (χ0) is 13.4. The fraction of sp³-hybridized carbons (Fsp3) is 0.929. The minimum atomic E-state index is 0.0252. The molecule has 104 valence electrons. The van der Waals surface area contributed by atoms with Gasteiger partial charge in [-0.15, -0.1) is 0 Å². The first-order valence-electron chi connectivity index (χ1n) is 6.97. The molecule has 0 spiro atoms. The van der Waals surface area contributed by atoms with E-state index >= 15 is 0 Å². The van der Waals surface area contributed by atoms with Crippen LogP contribution in [-0.2, 0) is 9.53 Å². The summed E-state index contributed by atoms with van der Waals surface area (Å²) in [4.78, 5) is 11.9. The molecule has 4 nitrogen and oxygen atoms in total. The highest BCUT2D eigenvalue weighted by Crippen LogP contribution is 2.62. The summed E-state index contributed by atoms with van der Waals surface area (Å²) in [7, 11) is 0. The number of carbonyl (C=O) groups excluding carboxylic acids is 1. The smallest absolute Gasteiger partial charge is 0.246 e. The minimum Gasteiger partial charge on any atom is -0.368 e. The summed E-state index contributed by atoms with van der Waals surface area (Å²) >= 11 is 0. The van der Waals surface area contributed by atoms with Crippen LogP contribution in [0.25, 0.3) is 0 Å². The summed E-state index contributed by atoms with van der Waals surface area (Å²) in [5.41, 5.74) is 0.384. The maximum Gasteiger partial charge on any atom is 0.246 e. The van der Waals surface area contributed by atoms with Crippen LogP contribution in [-0.4, -0.2) is 37.7 Å². The largest absolute Gasteiger partial charge is 0.368 e. The van der Waals surface area contributed by atoms with Gasteiger partial charge in [-0.1, -0.05) is 27.7 Å². The second kappa shape index (κ2) is 4.82. The van der Waals surface area contributed by atoms with Crippen LogP contribution in [0.4, 0.5) is 0 Å². The van der Waals surface area contributed by atoms with E-state index in [0.29, 0.717) is 0 Å². The van der Waals surface area contributed by atoms with Crippen molar-refractivity contribution in [3.8, 4) is 0 Å². The normalized spacial score (nSPS) is 26.9. The highest BCUT2D eigenvalue weighted by Gasteiger charge is 2.65. The maximum absolute atomic E-state index is 11.9. The van der Waals surface area contributed by atoms with Gasteiger partial charge < -0.3 is 15.4 Å². The summed E-state index contributed by atoms with van der Waals surface area (Å²) < 4.78 is 5.66. The minimum absolute atomic E-state index is 0.0252. The first-order valence-corrected chi connectivity index (χ1v) is 6.97. The predicted octanol–water partition coefficient (Wildman–Crippen LogP) is 1.31. The monoisotopic (exact) mass is 254 g/mol. The number of rotatable bonds is 4. The number of hydrogen-bond acceptors (Lipinski definition) is 3. The molecule has 0 unspecified atom stereocenters. The average molecular weight is 254 g/mol. The van der Waals surface area contributed by atoms with E-state index in [1.54, 1.807) is 0 Å². The van der Waals surface area contributed by atoms with Crippen molar-refractivity contribution < 1.29 is 9.53 Å². The molecule has 0 aromatic heterocycles. The van der Waals surface area contributed by atoms with Crippen molar-refractivity contribution in [3.63, 3.8) is 0 Å². The second-order valence-electron chi connectivity index (χ2n) is 6.70. The Kier molecular flexibility index (Phi) is 3.70. The molecule has 2 rings (SSSR count). The Morgan fingerprint density at radius 3 is 2.28 bits per heavy atom. The number of carbonyl (C=O) groups is 1. The summed E-state index contributed by atoms with van der Waals surface area (Å²) in [5, 5.41) is 6.38. The third-order valence-corrected chi connectivity index (χ3v) is 5.06. The number of piperidine rings is 1. The maximum atomic E-state index is 11.9. The van der Waals surface area contributed by atoms with Gasteiger partial charge in [-0.2, -0.15) is 0 Å². The predicted molar refractivity (Wildman–Crippen MR) is 71.3 cm³/mol. The van der Waals surface area contributed by atoms with E-state index in [0.717, 1.165) is 25.9 Å². The molecule has 0 aromatic rings. The van der Waals surface area contributed by atoms with Gasteiger partial charge in [-0.25, -0.2) is 0 Å². The van der Waals surface area contributed by atoms with Crippen LogP contribution in [0.3, 0.4) is 0 Å². The van der Waals surface area contributed by atoms with Gasteiger partial charge in [0, 0.05) is 6.04 Å². The first-order chi connectivity index (χ1) is 8.35. The Labute approximate surface area is 110 Å². The summed E-state index contributed by atoms with van der Waals surface area (Å²) in [6.45, 7) is 11.0. The van der Waals surface area contributed by atoms with Gasteiger partial charge in [-0.05, 0) is 36.8 Å². The highest BCUT2D eigenvalue weighted by atomic mass is 16.5. The van der Waals surface area contributed by atoms with Gasteiger partial charge in [0.05, 0.1) is 6.10 Å². The molecule has 1 amide bonds. The number of amides is 1. The third kappa shape index (κ3) is 2.54. The van der Waals surface area contributed by atoms with Crippen LogP contribution in [0.5, 0.6) is 0 Å². The Morgan fingerprint density at radius 2 is 1.78 bits per heavy atom. The summed E-state index contributed by atoms with van der Waals surface area (Å²) in [6.07, 6.45) is 2.26. The zero-order valence-corrected chi connectivity index (χ0v) is 12.0. The van der Waals surface area contributed by atoms with Crippen molar-refractivity contribution in [2.45, 2.75) is 52.7 Å². The lowest BCUT2D eigenvalue weighted by Crippen LogP contribution is -2.37. The van der Waals surface area contributed by atoms with Gasteiger partial charge in [0.15, 0.2) is 0 Å². The van der Waals surface area contributed by atoms with Crippen molar-refractivity contribution in [1.29, 1.82) is 0 Å². The molecule has 1 saturated heterocycles. The van der Waals surface area contributed by atoms with Crippen LogP contribution >= 0.6 is 0 Å². The Balaban J connectivity index is 1.70. The molecule has 0 radical (unpaired) electrons. The SMILES string of the molecule is CC1(C)C(NC(=O)COC2CCNCC2)C1(C)C. The van der Waals surface area contributed by atoms with Crippen molar-refractivity contribution in [2.24, 2.45) is 10.8 Å². The molecular weight excluding hydrogens is 228 g/mol. The van der Waals surface area contributed by atoms with Gasteiger partial charge in [0.2, 0.25) is 5.91 Å².